The zero-order chi connectivity index (χ0) is 15.0. The van der Waals surface area contributed by atoms with E-state index in [1.807, 2.05) is 0 Å². The van der Waals surface area contributed by atoms with Gasteiger partial charge in [0.15, 0.2) is 0 Å². The molecule has 1 atom stereocenters. The molecule has 0 radical (unpaired) electrons. The molecule has 0 bridgehead atoms. The summed E-state index contributed by atoms with van der Waals surface area (Å²) in [5, 5.41) is 21.3. The summed E-state index contributed by atoms with van der Waals surface area (Å²) in [5.74, 6) is -2.48. The molecule has 1 unspecified atom stereocenters. The second kappa shape index (κ2) is 4.57. The normalized spacial score (nSPS) is 13.6. The molecule has 4 N–H and O–H groups in total. The van der Waals surface area contributed by atoms with Crippen LogP contribution in [0.5, 0.6) is 0 Å². The lowest BCUT2D eigenvalue weighted by Gasteiger charge is -2.20. The topological polar surface area (TPSA) is 155 Å². The zero-order valence-electron chi connectivity index (χ0n) is 9.62. The van der Waals surface area contributed by atoms with E-state index in [-0.39, 0.29) is 0 Å². The first-order chi connectivity index (χ1) is 8.59. The van der Waals surface area contributed by atoms with Gasteiger partial charge in [0.05, 0.1) is 21.5 Å². The second-order valence-corrected chi connectivity index (χ2v) is 3.90. The summed E-state index contributed by atoms with van der Waals surface area (Å²) in [6.07, 6.45) is 0. The Balaban J connectivity index is 3.66. The summed E-state index contributed by atoms with van der Waals surface area (Å²) in [5.41, 5.74) is 5.97. The number of carbonyl (C=O) groups excluding carboxylic acids is 1. The molecule has 0 heterocycles. The average Bonchev–Trinajstić information content (AvgIpc) is 2.27. The summed E-state index contributed by atoms with van der Waals surface area (Å²) in [6, 6.07) is 0.875. The molecule has 9 nitrogen and oxygen atoms in total. The summed E-state index contributed by atoms with van der Waals surface area (Å²) in [7, 11) is 0. The molecule has 0 aliphatic heterocycles. The molecular formula is C9H9FN4O5. The van der Waals surface area contributed by atoms with Crippen LogP contribution in [0, 0.1) is 26.0 Å². The number of nitro groups is 2. The Kier molecular flexibility index (Phi) is 3.47. The van der Waals surface area contributed by atoms with Crippen LogP contribution in [0.2, 0.25) is 0 Å². The van der Waals surface area contributed by atoms with E-state index in [4.69, 9.17) is 11.5 Å². The molecule has 0 aliphatic carbocycles. The van der Waals surface area contributed by atoms with E-state index in [9.17, 15) is 29.4 Å². The minimum atomic E-state index is -2.03. The first kappa shape index (κ1) is 14.4. The fourth-order valence-corrected chi connectivity index (χ4v) is 1.39. The molecule has 0 aromatic heterocycles. The van der Waals surface area contributed by atoms with Crippen molar-refractivity contribution in [2.75, 3.05) is 0 Å². The fourth-order valence-electron chi connectivity index (χ4n) is 1.39. The minimum absolute atomic E-state index is 0.402. The number of nitrogens with two attached hydrogens (primary N) is 2. The highest BCUT2D eigenvalue weighted by Crippen LogP contribution is 2.33. The maximum Gasteiger partial charge on any atom is 0.311 e. The Morgan fingerprint density at radius 2 is 1.74 bits per heavy atom. The number of nitro benzene ring substituents is 2. The molecule has 1 aromatic carbocycles. The highest BCUT2D eigenvalue weighted by molar-refractivity contribution is 5.87. The predicted molar refractivity (Wildman–Crippen MR) is 60.4 cm³/mol. The number of hydrogen-bond donors (Lipinski definition) is 2. The molecule has 1 rings (SSSR count). The van der Waals surface area contributed by atoms with Gasteiger partial charge in [-0.25, -0.2) is 0 Å². The predicted octanol–water partition coefficient (Wildman–Crippen LogP) is 0.301. The molecule has 0 aliphatic rings. The minimum Gasteiger partial charge on any atom is -0.368 e. The number of halogens is 1. The molecule has 0 saturated heterocycles. The van der Waals surface area contributed by atoms with Crippen molar-refractivity contribution < 1.29 is 19.0 Å². The van der Waals surface area contributed by atoms with Crippen molar-refractivity contribution in [2.24, 2.45) is 11.5 Å². The number of hydrogen-bond acceptors (Lipinski definition) is 6. The Morgan fingerprint density at radius 1 is 1.26 bits per heavy atom. The maximum absolute atomic E-state index is 13.5. The number of primary amides is 1. The molecule has 1 amide bonds. The van der Waals surface area contributed by atoms with Crippen molar-refractivity contribution in [1.29, 1.82) is 0 Å². The highest BCUT2D eigenvalue weighted by atomic mass is 19.1. The van der Waals surface area contributed by atoms with Crippen LogP contribution in [-0.2, 0) is 10.3 Å². The maximum atomic E-state index is 13.5. The van der Waals surface area contributed by atoms with Crippen LogP contribution < -0.4 is 11.5 Å². The second-order valence-electron chi connectivity index (χ2n) is 3.90. The number of carbonyl (C=O) groups is 1. The van der Waals surface area contributed by atoms with Gasteiger partial charge >= 0.3 is 5.69 Å². The SMILES string of the molecule is CC(N)(C(N)=O)c1cc(F)c([N+](=O)[O-])cc1[N+](=O)[O-]. The highest BCUT2D eigenvalue weighted by Gasteiger charge is 2.37. The quantitative estimate of drug-likeness (QED) is 0.593. The lowest BCUT2D eigenvalue weighted by molar-refractivity contribution is -0.396. The van der Waals surface area contributed by atoms with E-state index in [0.717, 1.165) is 6.92 Å². The van der Waals surface area contributed by atoms with Crippen LogP contribution in [0.4, 0.5) is 15.8 Å². The molecule has 1 aromatic rings. The van der Waals surface area contributed by atoms with Crippen LogP contribution in [0.3, 0.4) is 0 Å². The average molecular weight is 272 g/mol. The fraction of sp³-hybridized carbons (Fsp3) is 0.222. The van der Waals surface area contributed by atoms with Gasteiger partial charge < -0.3 is 11.5 Å². The van der Waals surface area contributed by atoms with Crippen molar-refractivity contribution in [2.45, 2.75) is 12.5 Å². The lowest BCUT2D eigenvalue weighted by atomic mass is 9.90. The van der Waals surface area contributed by atoms with Crippen LogP contribution in [0.25, 0.3) is 0 Å². The largest absolute Gasteiger partial charge is 0.368 e. The third-order valence-electron chi connectivity index (χ3n) is 2.53. The molecule has 0 spiro atoms. The van der Waals surface area contributed by atoms with E-state index in [2.05, 4.69) is 0 Å². The van der Waals surface area contributed by atoms with Crippen molar-refractivity contribution in [3.8, 4) is 0 Å². The number of nitrogens with zero attached hydrogens (tertiary/aromatic N) is 2. The first-order valence-corrected chi connectivity index (χ1v) is 4.80. The van der Waals surface area contributed by atoms with Gasteiger partial charge in [0, 0.05) is 0 Å². The molecule has 0 saturated carbocycles. The van der Waals surface area contributed by atoms with Gasteiger partial charge in [-0.3, -0.25) is 25.0 Å². The molecule has 0 fully saturated rings. The third kappa shape index (κ3) is 2.47. The lowest BCUT2D eigenvalue weighted by Crippen LogP contribution is -2.46. The van der Waals surface area contributed by atoms with Gasteiger partial charge in [-0.1, -0.05) is 0 Å². The van der Waals surface area contributed by atoms with E-state index in [1.165, 1.54) is 0 Å². The van der Waals surface area contributed by atoms with Crippen molar-refractivity contribution in [1.82, 2.24) is 0 Å². The molecule has 10 heteroatoms. The van der Waals surface area contributed by atoms with Crippen molar-refractivity contribution in [3.63, 3.8) is 0 Å². The molecule has 19 heavy (non-hydrogen) atoms. The van der Waals surface area contributed by atoms with E-state index in [1.54, 1.807) is 0 Å². The van der Waals surface area contributed by atoms with Crippen molar-refractivity contribution in [3.05, 3.63) is 43.7 Å². The van der Waals surface area contributed by atoms with Gasteiger partial charge in [0.25, 0.3) is 5.69 Å². The standard InChI is InChI=1S/C9H9FN4O5/c1-9(12,8(11)15)4-2-5(10)7(14(18)19)3-6(4)13(16)17/h2-3H,12H2,1H3,(H2,11,15). The summed E-state index contributed by atoms with van der Waals surface area (Å²) >= 11 is 0. The van der Waals surface area contributed by atoms with Crippen LogP contribution in [-0.4, -0.2) is 15.8 Å². The smallest absolute Gasteiger partial charge is 0.311 e. The zero-order valence-corrected chi connectivity index (χ0v) is 9.62. The van der Waals surface area contributed by atoms with Crippen molar-refractivity contribution >= 4 is 17.3 Å². The Bertz CT molecular complexity index is 586. The number of rotatable bonds is 4. The van der Waals surface area contributed by atoms with Crippen LogP contribution in [0.1, 0.15) is 12.5 Å². The first-order valence-electron chi connectivity index (χ1n) is 4.80. The molecule has 102 valence electrons. The van der Waals surface area contributed by atoms with Gasteiger partial charge in [-0.05, 0) is 13.0 Å². The van der Waals surface area contributed by atoms with Gasteiger partial charge in [0.2, 0.25) is 11.7 Å². The van der Waals surface area contributed by atoms with E-state index < -0.39 is 44.0 Å². The Hall–Kier alpha value is -2.62. The molecular weight excluding hydrogens is 263 g/mol. The van der Waals surface area contributed by atoms with Gasteiger partial charge in [-0.15, -0.1) is 0 Å². The summed E-state index contributed by atoms with van der Waals surface area (Å²) in [4.78, 5) is 30.4. The van der Waals surface area contributed by atoms with Crippen LogP contribution >= 0.6 is 0 Å². The monoisotopic (exact) mass is 272 g/mol. The third-order valence-corrected chi connectivity index (χ3v) is 2.53. The number of benzene rings is 1. The van der Waals surface area contributed by atoms with E-state index in [0.29, 0.717) is 12.1 Å². The number of amides is 1. The summed E-state index contributed by atoms with van der Waals surface area (Å²) < 4.78 is 13.5. The van der Waals surface area contributed by atoms with Gasteiger partial charge in [-0.2, -0.15) is 4.39 Å². The van der Waals surface area contributed by atoms with Crippen LogP contribution in [0.15, 0.2) is 12.1 Å². The Labute approximate surface area is 105 Å². The summed E-state index contributed by atoms with van der Waals surface area (Å²) in [6.45, 7) is 1.04. The Morgan fingerprint density at radius 3 is 2.11 bits per heavy atom. The van der Waals surface area contributed by atoms with E-state index >= 15 is 0 Å². The van der Waals surface area contributed by atoms with Gasteiger partial charge in [0.1, 0.15) is 5.54 Å².